The van der Waals surface area contributed by atoms with Crippen molar-refractivity contribution < 1.29 is 9.59 Å². The number of anilines is 2. The Labute approximate surface area is 162 Å². The molecule has 2 heterocycles. The van der Waals surface area contributed by atoms with Gasteiger partial charge in [-0.2, -0.15) is 5.26 Å². The molecule has 0 saturated heterocycles. The quantitative estimate of drug-likeness (QED) is 0.715. The fourth-order valence-electron chi connectivity index (χ4n) is 3.01. The number of benzene rings is 1. The molecule has 1 aliphatic carbocycles. The Morgan fingerprint density at radius 3 is 2.82 bits per heavy atom. The average molecular weight is 373 g/mol. The number of amides is 2. The summed E-state index contributed by atoms with van der Waals surface area (Å²) < 4.78 is 1.97. The highest BCUT2D eigenvalue weighted by Crippen LogP contribution is 2.31. The minimum atomic E-state index is -0.727. The van der Waals surface area contributed by atoms with Gasteiger partial charge in [-0.1, -0.05) is 6.07 Å². The largest absolute Gasteiger partial charge is 0.324 e. The van der Waals surface area contributed by atoms with Gasteiger partial charge in [0.25, 0.3) is 0 Å². The zero-order valence-corrected chi connectivity index (χ0v) is 15.3. The highest BCUT2D eigenvalue weighted by atomic mass is 16.2. The molecule has 0 bridgehead atoms. The summed E-state index contributed by atoms with van der Waals surface area (Å²) in [5.74, 6) is -0.422. The van der Waals surface area contributed by atoms with Crippen molar-refractivity contribution >= 4 is 34.2 Å². The van der Waals surface area contributed by atoms with E-state index in [1.807, 2.05) is 53.2 Å². The zero-order valence-electron chi connectivity index (χ0n) is 15.3. The lowest BCUT2D eigenvalue weighted by Gasteiger charge is -2.10. The second-order valence-electron chi connectivity index (χ2n) is 6.93. The molecule has 7 heteroatoms. The molecular weight excluding hydrogens is 354 g/mol. The Morgan fingerprint density at radius 1 is 1.25 bits per heavy atom. The van der Waals surface area contributed by atoms with Crippen LogP contribution in [-0.4, -0.2) is 21.4 Å². The van der Waals surface area contributed by atoms with E-state index in [9.17, 15) is 9.59 Å². The summed E-state index contributed by atoms with van der Waals surface area (Å²) >= 11 is 0. The van der Waals surface area contributed by atoms with Gasteiger partial charge in [-0.3, -0.25) is 9.59 Å². The Hall–Kier alpha value is -3.66. The molecule has 1 atom stereocenters. The van der Waals surface area contributed by atoms with E-state index in [4.69, 9.17) is 5.26 Å². The summed E-state index contributed by atoms with van der Waals surface area (Å²) in [5.41, 5.74) is 2.40. The van der Waals surface area contributed by atoms with Gasteiger partial charge in [0, 0.05) is 29.8 Å². The monoisotopic (exact) mass is 373 g/mol. The number of hydrogen-bond acceptors (Lipinski definition) is 4. The molecular formula is C21H19N5O2. The SMILES string of the molecule is CC(C#N)C(=O)Nc1cccc2c1ccn2-c1ccnc(NC(=O)C2CC2)c1. The van der Waals surface area contributed by atoms with E-state index in [1.54, 1.807) is 13.1 Å². The number of aromatic nitrogens is 2. The molecule has 0 spiro atoms. The molecule has 1 aliphatic rings. The molecule has 0 radical (unpaired) electrons. The van der Waals surface area contributed by atoms with E-state index in [0.717, 1.165) is 29.4 Å². The van der Waals surface area contributed by atoms with Crippen LogP contribution >= 0.6 is 0 Å². The predicted octanol–water partition coefficient (Wildman–Crippen LogP) is 3.47. The maximum atomic E-state index is 12.1. The van der Waals surface area contributed by atoms with Crippen LogP contribution in [0, 0.1) is 23.2 Å². The van der Waals surface area contributed by atoms with Crippen LogP contribution in [0.25, 0.3) is 16.6 Å². The first-order valence-corrected chi connectivity index (χ1v) is 9.14. The molecule has 0 aliphatic heterocycles. The summed E-state index contributed by atoms with van der Waals surface area (Å²) in [6.45, 7) is 1.56. The van der Waals surface area contributed by atoms with Crippen molar-refractivity contribution in [1.82, 2.24) is 9.55 Å². The molecule has 2 N–H and O–H groups in total. The lowest BCUT2D eigenvalue weighted by Crippen LogP contribution is -2.18. The van der Waals surface area contributed by atoms with E-state index >= 15 is 0 Å². The third-order valence-electron chi connectivity index (χ3n) is 4.80. The van der Waals surface area contributed by atoms with Crippen molar-refractivity contribution in [3.63, 3.8) is 0 Å². The van der Waals surface area contributed by atoms with E-state index in [1.165, 1.54) is 0 Å². The van der Waals surface area contributed by atoms with Crippen LogP contribution in [0.4, 0.5) is 11.5 Å². The second-order valence-corrected chi connectivity index (χ2v) is 6.93. The van der Waals surface area contributed by atoms with Crippen LogP contribution in [0.3, 0.4) is 0 Å². The highest BCUT2D eigenvalue weighted by Gasteiger charge is 2.29. The maximum absolute atomic E-state index is 12.1. The van der Waals surface area contributed by atoms with Crippen molar-refractivity contribution in [2.24, 2.45) is 11.8 Å². The predicted molar refractivity (Wildman–Crippen MR) is 106 cm³/mol. The van der Waals surface area contributed by atoms with E-state index in [2.05, 4.69) is 15.6 Å². The number of nitrogens with zero attached hydrogens (tertiary/aromatic N) is 3. The fraction of sp³-hybridized carbons (Fsp3) is 0.238. The lowest BCUT2D eigenvalue weighted by atomic mass is 10.1. The molecule has 1 fully saturated rings. The Morgan fingerprint density at radius 2 is 2.07 bits per heavy atom. The summed E-state index contributed by atoms with van der Waals surface area (Å²) in [5, 5.41) is 15.5. The number of carbonyl (C=O) groups excluding carboxylic acids is 2. The normalized spacial score (nSPS) is 14.3. The van der Waals surface area contributed by atoms with E-state index in [-0.39, 0.29) is 17.7 Å². The molecule has 1 aromatic carbocycles. The Bertz CT molecular complexity index is 1110. The smallest absolute Gasteiger partial charge is 0.241 e. The van der Waals surface area contributed by atoms with E-state index < -0.39 is 5.92 Å². The third-order valence-corrected chi connectivity index (χ3v) is 4.80. The molecule has 1 saturated carbocycles. The molecule has 1 unspecified atom stereocenters. The summed E-state index contributed by atoms with van der Waals surface area (Å²) in [4.78, 5) is 28.3. The topological polar surface area (TPSA) is 99.8 Å². The zero-order chi connectivity index (χ0) is 19.7. The number of carbonyl (C=O) groups is 2. The summed E-state index contributed by atoms with van der Waals surface area (Å²) in [6.07, 6.45) is 5.43. The Balaban J connectivity index is 1.65. The molecule has 2 aromatic heterocycles. The van der Waals surface area contributed by atoms with Crippen molar-refractivity contribution in [2.75, 3.05) is 10.6 Å². The first-order chi connectivity index (χ1) is 13.6. The second kappa shape index (κ2) is 7.16. The van der Waals surface area contributed by atoms with Gasteiger partial charge in [0.1, 0.15) is 11.7 Å². The number of nitrogens with one attached hydrogen (secondary N) is 2. The van der Waals surface area contributed by atoms with Crippen LogP contribution in [-0.2, 0) is 9.59 Å². The summed E-state index contributed by atoms with van der Waals surface area (Å²) in [6, 6.07) is 13.1. The molecule has 28 heavy (non-hydrogen) atoms. The fourth-order valence-corrected chi connectivity index (χ4v) is 3.01. The number of nitriles is 1. The van der Waals surface area contributed by atoms with Crippen LogP contribution in [0.15, 0.2) is 48.8 Å². The van der Waals surface area contributed by atoms with Crippen molar-refractivity contribution in [3.8, 4) is 11.8 Å². The number of fused-ring (bicyclic) bond motifs is 1. The van der Waals surface area contributed by atoms with Gasteiger partial charge in [-0.05, 0) is 44.0 Å². The van der Waals surface area contributed by atoms with Gasteiger partial charge in [-0.25, -0.2) is 4.98 Å². The molecule has 3 aromatic rings. The minimum absolute atomic E-state index is 0.0126. The lowest BCUT2D eigenvalue weighted by molar-refractivity contribution is -0.118. The van der Waals surface area contributed by atoms with Crippen molar-refractivity contribution in [3.05, 3.63) is 48.8 Å². The highest BCUT2D eigenvalue weighted by molar-refractivity contribution is 6.03. The van der Waals surface area contributed by atoms with Gasteiger partial charge in [0.15, 0.2) is 0 Å². The van der Waals surface area contributed by atoms with Crippen molar-refractivity contribution in [2.45, 2.75) is 19.8 Å². The van der Waals surface area contributed by atoms with Gasteiger partial charge in [0.2, 0.25) is 11.8 Å². The first kappa shape index (κ1) is 17.7. The molecule has 7 nitrogen and oxygen atoms in total. The van der Waals surface area contributed by atoms with Crippen LogP contribution in [0.5, 0.6) is 0 Å². The molecule has 4 rings (SSSR count). The number of pyridine rings is 1. The number of hydrogen-bond donors (Lipinski definition) is 2. The Kier molecular flexibility index (Phi) is 4.53. The number of rotatable bonds is 5. The maximum Gasteiger partial charge on any atom is 0.241 e. The third kappa shape index (κ3) is 3.45. The van der Waals surface area contributed by atoms with Crippen molar-refractivity contribution in [1.29, 1.82) is 5.26 Å². The van der Waals surface area contributed by atoms with Gasteiger partial charge in [0.05, 0.1) is 23.0 Å². The average Bonchev–Trinajstić information content (AvgIpc) is 3.47. The first-order valence-electron chi connectivity index (χ1n) is 9.14. The van der Waals surface area contributed by atoms with Crippen LogP contribution in [0.1, 0.15) is 19.8 Å². The van der Waals surface area contributed by atoms with E-state index in [0.29, 0.717) is 11.5 Å². The van der Waals surface area contributed by atoms with Crippen LogP contribution < -0.4 is 10.6 Å². The minimum Gasteiger partial charge on any atom is -0.324 e. The van der Waals surface area contributed by atoms with Gasteiger partial charge >= 0.3 is 0 Å². The van der Waals surface area contributed by atoms with Crippen LogP contribution in [0.2, 0.25) is 0 Å². The van der Waals surface area contributed by atoms with Gasteiger partial charge < -0.3 is 15.2 Å². The van der Waals surface area contributed by atoms with Gasteiger partial charge in [-0.15, -0.1) is 0 Å². The molecule has 2 amide bonds. The summed E-state index contributed by atoms with van der Waals surface area (Å²) in [7, 11) is 0. The standard InChI is InChI=1S/C21H19N5O2/c1-13(12-22)20(27)24-17-3-2-4-18-16(17)8-10-26(18)15-7-9-23-19(11-15)25-21(28)14-5-6-14/h2-4,7-11,13-14H,5-6H2,1H3,(H,24,27)(H,23,25,28). The molecule has 140 valence electrons.